The Morgan fingerprint density at radius 3 is 2.79 bits per heavy atom. The summed E-state index contributed by atoms with van der Waals surface area (Å²) in [7, 11) is 0. The number of phenolic OH excluding ortho intramolecular Hbond substituents is 1. The highest BCUT2D eigenvalue weighted by Crippen LogP contribution is 2.28. The zero-order chi connectivity index (χ0) is 13.4. The molecule has 0 saturated heterocycles. The van der Waals surface area contributed by atoms with Crippen molar-refractivity contribution >= 4 is 27.0 Å². The fourth-order valence-corrected chi connectivity index (χ4v) is 2.64. The van der Waals surface area contributed by atoms with Crippen molar-refractivity contribution < 1.29 is 5.11 Å². The van der Waals surface area contributed by atoms with E-state index in [1.54, 1.807) is 12.1 Å². The maximum Gasteiger partial charge on any atom is 0.141 e. The second-order valence-corrected chi connectivity index (χ2v) is 5.28. The highest BCUT2D eigenvalue weighted by atomic mass is 79.9. The Morgan fingerprint density at radius 2 is 2.05 bits per heavy atom. The van der Waals surface area contributed by atoms with E-state index in [1.165, 1.54) is 0 Å². The zero-order valence-corrected chi connectivity index (χ0v) is 12.1. The number of nitrogens with zero attached hydrogens (tertiary/aromatic N) is 2. The predicted octanol–water partition coefficient (Wildman–Crippen LogP) is 4.19. The van der Waals surface area contributed by atoms with E-state index in [9.17, 15) is 5.11 Å². The molecule has 19 heavy (non-hydrogen) atoms. The van der Waals surface area contributed by atoms with Gasteiger partial charge in [-0.15, -0.1) is 0 Å². The van der Waals surface area contributed by atoms with E-state index in [0.29, 0.717) is 0 Å². The van der Waals surface area contributed by atoms with Crippen LogP contribution in [0, 0.1) is 0 Å². The van der Waals surface area contributed by atoms with Gasteiger partial charge in [-0.2, -0.15) is 0 Å². The van der Waals surface area contributed by atoms with Gasteiger partial charge < -0.3 is 9.67 Å². The number of halogens is 1. The van der Waals surface area contributed by atoms with Crippen molar-refractivity contribution in [1.82, 2.24) is 9.55 Å². The van der Waals surface area contributed by atoms with Gasteiger partial charge in [0.1, 0.15) is 11.6 Å². The minimum Gasteiger partial charge on any atom is -0.508 e. The molecule has 1 heterocycles. The summed E-state index contributed by atoms with van der Waals surface area (Å²) in [5, 5.41) is 9.61. The van der Waals surface area contributed by atoms with Gasteiger partial charge in [-0.3, -0.25) is 0 Å². The monoisotopic (exact) mass is 316 g/mol. The first-order valence-electron chi connectivity index (χ1n) is 6.14. The van der Waals surface area contributed by atoms with E-state index in [1.807, 2.05) is 24.3 Å². The van der Waals surface area contributed by atoms with Crippen LogP contribution in [-0.4, -0.2) is 14.7 Å². The normalized spacial score (nSPS) is 11.1. The molecule has 1 N–H and O–H groups in total. The number of aryl methyl sites for hydroxylation is 1. The van der Waals surface area contributed by atoms with Gasteiger partial charge >= 0.3 is 0 Å². The molecule has 3 rings (SSSR count). The topological polar surface area (TPSA) is 38.0 Å². The molecule has 2 aromatic carbocycles. The number of rotatable bonds is 2. The van der Waals surface area contributed by atoms with Crippen LogP contribution < -0.4 is 0 Å². The van der Waals surface area contributed by atoms with Crippen molar-refractivity contribution in [2.45, 2.75) is 13.5 Å². The molecule has 0 amide bonds. The van der Waals surface area contributed by atoms with E-state index in [-0.39, 0.29) is 5.75 Å². The number of aromatic hydroxyl groups is 1. The van der Waals surface area contributed by atoms with Crippen LogP contribution in [0.1, 0.15) is 6.92 Å². The van der Waals surface area contributed by atoms with E-state index in [2.05, 4.69) is 38.5 Å². The number of aromatic nitrogens is 2. The van der Waals surface area contributed by atoms with E-state index in [4.69, 9.17) is 0 Å². The van der Waals surface area contributed by atoms with Crippen LogP contribution >= 0.6 is 15.9 Å². The molecule has 0 fully saturated rings. The van der Waals surface area contributed by atoms with Crippen molar-refractivity contribution in [2.24, 2.45) is 0 Å². The highest BCUT2D eigenvalue weighted by Gasteiger charge is 2.11. The third kappa shape index (κ3) is 2.12. The first-order chi connectivity index (χ1) is 9.19. The average molecular weight is 317 g/mol. The molecule has 0 aliphatic heterocycles. The summed E-state index contributed by atoms with van der Waals surface area (Å²) in [6.45, 7) is 2.93. The Morgan fingerprint density at radius 1 is 1.21 bits per heavy atom. The molecule has 0 atom stereocenters. The van der Waals surface area contributed by atoms with Crippen LogP contribution in [0.3, 0.4) is 0 Å². The van der Waals surface area contributed by atoms with Crippen molar-refractivity contribution in [1.29, 1.82) is 0 Å². The molecule has 0 radical (unpaired) electrons. The minimum atomic E-state index is 0.258. The van der Waals surface area contributed by atoms with Crippen molar-refractivity contribution in [2.75, 3.05) is 0 Å². The number of hydrogen-bond acceptors (Lipinski definition) is 2. The Balaban J connectivity index is 2.28. The predicted molar refractivity (Wildman–Crippen MR) is 80.2 cm³/mol. The molecule has 0 spiro atoms. The Bertz CT molecular complexity index is 749. The average Bonchev–Trinajstić information content (AvgIpc) is 2.76. The molecule has 1 aromatic heterocycles. The molecule has 0 bridgehead atoms. The van der Waals surface area contributed by atoms with E-state index in [0.717, 1.165) is 33.4 Å². The number of hydrogen-bond donors (Lipinski definition) is 1. The second-order valence-electron chi connectivity index (χ2n) is 4.36. The maximum absolute atomic E-state index is 9.61. The summed E-state index contributed by atoms with van der Waals surface area (Å²) < 4.78 is 3.17. The lowest BCUT2D eigenvalue weighted by molar-refractivity contribution is 0.475. The fraction of sp³-hybridized carbons (Fsp3) is 0.133. The summed E-state index contributed by atoms with van der Waals surface area (Å²) in [4.78, 5) is 4.68. The van der Waals surface area contributed by atoms with Crippen molar-refractivity contribution in [3.05, 3.63) is 46.9 Å². The smallest absolute Gasteiger partial charge is 0.141 e. The third-order valence-corrected chi connectivity index (χ3v) is 3.62. The summed E-state index contributed by atoms with van der Waals surface area (Å²) in [6.07, 6.45) is 0. The minimum absolute atomic E-state index is 0.258. The maximum atomic E-state index is 9.61. The second kappa shape index (κ2) is 4.70. The highest BCUT2D eigenvalue weighted by molar-refractivity contribution is 9.10. The van der Waals surface area contributed by atoms with Gasteiger partial charge in [0, 0.05) is 16.6 Å². The zero-order valence-electron chi connectivity index (χ0n) is 10.5. The summed E-state index contributed by atoms with van der Waals surface area (Å²) in [6, 6.07) is 13.3. The number of imidazole rings is 1. The summed E-state index contributed by atoms with van der Waals surface area (Å²) >= 11 is 3.47. The Hall–Kier alpha value is -1.81. The third-order valence-electron chi connectivity index (χ3n) is 3.13. The largest absolute Gasteiger partial charge is 0.508 e. The van der Waals surface area contributed by atoms with Crippen molar-refractivity contribution in [3.8, 4) is 17.1 Å². The lowest BCUT2D eigenvalue weighted by Crippen LogP contribution is -1.97. The van der Waals surface area contributed by atoms with E-state index < -0.39 is 0 Å². The van der Waals surface area contributed by atoms with Gasteiger partial charge in [-0.25, -0.2) is 4.98 Å². The molecule has 4 heteroatoms. The van der Waals surface area contributed by atoms with Crippen LogP contribution in [0.15, 0.2) is 46.9 Å². The van der Waals surface area contributed by atoms with Crippen LogP contribution in [0.4, 0.5) is 0 Å². The van der Waals surface area contributed by atoms with Crippen LogP contribution in [0.2, 0.25) is 0 Å². The molecule has 0 unspecified atom stereocenters. The fourth-order valence-electron chi connectivity index (χ4n) is 2.29. The Kier molecular flexibility index (Phi) is 3.03. The molecule has 0 aliphatic rings. The van der Waals surface area contributed by atoms with Gasteiger partial charge in [0.15, 0.2) is 0 Å². The molecule has 96 valence electrons. The number of fused-ring (bicyclic) bond motifs is 1. The van der Waals surface area contributed by atoms with Gasteiger partial charge in [-0.1, -0.05) is 28.1 Å². The first kappa shape index (κ1) is 12.2. The Labute approximate surface area is 119 Å². The van der Waals surface area contributed by atoms with Crippen LogP contribution in [-0.2, 0) is 6.54 Å². The summed E-state index contributed by atoms with van der Waals surface area (Å²) in [5.41, 5.74) is 2.98. The van der Waals surface area contributed by atoms with Gasteiger partial charge in [-0.05, 0) is 37.3 Å². The lowest BCUT2D eigenvalue weighted by Gasteiger charge is -2.06. The van der Waals surface area contributed by atoms with Crippen LogP contribution in [0.25, 0.3) is 22.4 Å². The van der Waals surface area contributed by atoms with Gasteiger partial charge in [0.05, 0.1) is 11.0 Å². The lowest BCUT2D eigenvalue weighted by atomic mass is 10.2. The van der Waals surface area contributed by atoms with Gasteiger partial charge in [0.25, 0.3) is 0 Å². The van der Waals surface area contributed by atoms with E-state index >= 15 is 0 Å². The van der Waals surface area contributed by atoms with Crippen LogP contribution in [0.5, 0.6) is 5.75 Å². The van der Waals surface area contributed by atoms with Gasteiger partial charge in [0.2, 0.25) is 0 Å². The molecule has 3 nitrogen and oxygen atoms in total. The molecular formula is C15H13BrN2O. The first-order valence-corrected chi connectivity index (χ1v) is 6.93. The molecule has 3 aromatic rings. The molecule has 0 aliphatic carbocycles. The summed E-state index contributed by atoms with van der Waals surface area (Å²) in [5.74, 6) is 1.14. The standard InChI is InChI=1S/C15H13BrN2O/c1-2-18-14-7-6-11(16)9-13(14)17-15(18)10-4-3-5-12(19)8-10/h3-9,19H,2H2,1H3. The van der Waals surface area contributed by atoms with Crippen molar-refractivity contribution in [3.63, 3.8) is 0 Å². The quantitative estimate of drug-likeness (QED) is 0.769. The number of benzene rings is 2. The SMILES string of the molecule is CCn1c(-c2cccc(O)c2)nc2cc(Br)ccc21. The molecule has 0 saturated carbocycles. The number of phenols is 1. The molecular weight excluding hydrogens is 304 g/mol.